The van der Waals surface area contributed by atoms with E-state index < -0.39 is 108 Å². The molecule has 22 nitrogen and oxygen atoms in total. The zero-order chi connectivity index (χ0) is 48.7. The quantitative estimate of drug-likeness (QED) is 0.0344. The van der Waals surface area contributed by atoms with Gasteiger partial charge in [-0.1, -0.05) is 46.2 Å². The molecule has 0 aromatic heterocycles. The Morgan fingerprint density at radius 3 is 1.55 bits per heavy atom. The molecule has 1 aromatic carbocycles. The third-order valence-electron chi connectivity index (χ3n) is 10.5. The van der Waals surface area contributed by atoms with Gasteiger partial charge in [-0.2, -0.15) is 0 Å². The van der Waals surface area contributed by atoms with Crippen LogP contribution in [0.3, 0.4) is 0 Å². The van der Waals surface area contributed by atoms with Crippen molar-refractivity contribution in [2.24, 2.45) is 29.0 Å². The van der Waals surface area contributed by atoms with Crippen LogP contribution in [0.5, 0.6) is 5.75 Å². The standard InChI is InChI=1S/C42H72N10O12/c1-7-23(4)33(50-38(59)32(45)22(2)3)39(60)46-21-31(56)47-30(20-26-14-16-27(55)17-15-26)37(58)48-28(12-8-10-18-43)36(57)51-35(25(6)54)41(62)52-34(24(5)53)40(61)49-29(42(63)64)13-9-11-19-44/h14-17,22-25,28-30,32-35,53-55H,7-13,18-21,43-45H2,1-6H3,(H,46,60)(H,47,56)(H,48,58)(H,49,61)(H,50,59)(H,51,57)(H,52,62)(H,63,64)/t23-,24+,25+,28-,29-,30-,32-,33-,34-,35-/m0/s1. The van der Waals surface area contributed by atoms with Crippen molar-refractivity contribution in [3.8, 4) is 5.75 Å². The number of aromatic hydroxyl groups is 1. The van der Waals surface area contributed by atoms with Gasteiger partial charge in [0.15, 0.2) is 0 Å². The molecule has 0 bridgehead atoms. The molecule has 0 aliphatic rings. The van der Waals surface area contributed by atoms with Crippen molar-refractivity contribution in [1.82, 2.24) is 37.2 Å². The number of carboxylic acid groups (broad SMARTS) is 1. The SMILES string of the molecule is CC[C@H](C)[C@H](NC(=O)[C@@H](N)C(C)C)C(=O)NCC(=O)N[C@@H](Cc1ccc(O)cc1)C(=O)N[C@@H](CCCCN)C(=O)N[C@H](C(=O)N[C@H](C(=O)N[C@@H](CCCCN)C(=O)O)[C@@H](C)O)[C@@H](C)O. The Morgan fingerprint density at radius 1 is 0.594 bits per heavy atom. The first-order valence-electron chi connectivity index (χ1n) is 21.7. The minimum Gasteiger partial charge on any atom is -0.508 e. The number of nitrogens with one attached hydrogen (secondary N) is 7. The summed E-state index contributed by atoms with van der Waals surface area (Å²) in [7, 11) is 0. The van der Waals surface area contributed by atoms with Gasteiger partial charge in [0, 0.05) is 6.42 Å². The number of unbranched alkanes of at least 4 members (excludes halogenated alkanes) is 2. The molecule has 10 atom stereocenters. The molecule has 0 fully saturated rings. The molecule has 17 N–H and O–H groups in total. The predicted octanol–water partition coefficient (Wildman–Crippen LogP) is -2.91. The third-order valence-corrected chi connectivity index (χ3v) is 10.5. The van der Waals surface area contributed by atoms with Gasteiger partial charge in [-0.25, -0.2) is 4.79 Å². The average molecular weight is 909 g/mol. The first kappa shape index (κ1) is 56.6. The fourth-order valence-electron chi connectivity index (χ4n) is 6.21. The Hall–Kier alpha value is -5.42. The van der Waals surface area contributed by atoms with Crippen LogP contribution in [0.1, 0.15) is 92.1 Å². The fourth-order valence-corrected chi connectivity index (χ4v) is 6.21. The lowest BCUT2D eigenvalue weighted by atomic mass is 9.96. The van der Waals surface area contributed by atoms with Crippen LogP contribution in [0.4, 0.5) is 0 Å². The van der Waals surface area contributed by atoms with E-state index in [9.17, 15) is 58.8 Å². The predicted molar refractivity (Wildman–Crippen MR) is 235 cm³/mol. The maximum Gasteiger partial charge on any atom is 0.326 e. The van der Waals surface area contributed by atoms with Crippen molar-refractivity contribution in [3.05, 3.63) is 29.8 Å². The zero-order valence-corrected chi connectivity index (χ0v) is 37.7. The summed E-state index contributed by atoms with van der Waals surface area (Å²) >= 11 is 0. The number of phenolic OH excluding ortho intramolecular Hbond substituents is 1. The van der Waals surface area contributed by atoms with E-state index in [2.05, 4.69) is 37.2 Å². The van der Waals surface area contributed by atoms with E-state index in [-0.39, 0.29) is 43.4 Å². The summed E-state index contributed by atoms with van der Waals surface area (Å²) in [6.07, 6.45) is -1.22. The number of carboxylic acids is 1. The van der Waals surface area contributed by atoms with E-state index in [0.717, 1.165) is 0 Å². The van der Waals surface area contributed by atoms with E-state index in [1.165, 1.54) is 38.1 Å². The van der Waals surface area contributed by atoms with Crippen molar-refractivity contribution in [3.63, 3.8) is 0 Å². The van der Waals surface area contributed by atoms with E-state index in [1.54, 1.807) is 20.8 Å². The molecule has 362 valence electrons. The Morgan fingerprint density at radius 2 is 1.06 bits per heavy atom. The Balaban J connectivity index is 3.34. The molecule has 0 saturated carbocycles. The summed E-state index contributed by atoms with van der Waals surface area (Å²) in [6, 6.07) is -3.74. The lowest BCUT2D eigenvalue weighted by molar-refractivity contribution is -0.143. The van der Waals surface area contributed by atoms with Gasteiger partial charge in [-0.05, 0) is 95.0 Å². The van der Waals surface area contributed by atoms with Crippen LogP contribution >= 0.6 is 0 Å². The molecule has 0 radical (unpaired) electrons. The number of hydrogen-bond donors (Lipinski definition) is 14. The number of amides is 7. The maximum absolute atomic E-state index is 14.0. The number of aliphatic hydroxyl groups excluding tert-OH is 2. The average Bonchev–Trinajstić information content (AvgIpc) is 3.24. The highest BCUT2D eigenvalue weighted by atomic mass is 16.4. The number of carbonyl (C=O) groups is 8. The molecule has 1 rings (SSSR count). The zero-order valence-electron chi connectivity index (χ0n) is 37.7. The molecular formula is C42H72N10O12. The van der Waals surface area contributed by atoms with Crippen LogP contribution < -0.4 is 54.4 Å². The minimum atomic E-state index is -1.75. The van der Waals surface area contributed by atoms with E-state index in [0.29, 0.717) is 44.2 Å². The minimum absolute atomic E-state index is 0.0206. The third kappa shape index (κ3) is 20.0. The van der Waals surface area contributed by atoms with Crippen LogP contribution in [-0.4, -0.2) is 142 Å². The van der Waals surface area contributed by atoms with E-state index >= 15 is 0 Å². The number of nitrogens with two attached hydrogens (primary N) is 3. The van der Waals surface area contributed by atoms with Crippen molar-refractivity contribution >= 4 is 47.3 Å². The Bertz CT molecular complexity index is 1680. The molecule has 0 aliphatic carbocycles. The topological polar surface area (TPSA) is 380 Å². The number of aliphatic carboxylic acids is 1. The van der Waals surface area contributed by atoms with Gasteiger partial charge in [-0.15, -0.1) is 0 Å². The van der Waals surface area contributed by atoms with Crippen LogP contribution in [0.15, 0.2) is 24.3 Å². The number of benzene rings is 1. The molecule has 22 heteroatoms. The van der Waals surface area contributed by atoms with Crippen LogP contribution in [0.2, 0.25) is 0 Å². The molecule has 0 saturated heterocycles. The van der Waals surface area contributed by atoms with E-state index in [1.807, 2.05) is 6.92 Å². The van der Waals surface area contributed by atoms with Crippen molar-refractivity contribution in [2.75, 3.05) is 19.6 Å². The lowest BCUT2D eigenvalue weighted by Crippen LogP contribution is -2.62. The summed E-state index contributed by atoms with van der Waals surface area (Å²) in [5.74, 6) is -7.95. The number of aliphatic hydroxyl groups is 2. The highest BCUT2D eigenvalue weighted by Gasteiger charge is 2.36. The first-order valence-corrected chi connectivity index (χ1v) is 21.7. The summed E-state index contributed by atoms with van der Waals surface area (Å²) < 4.78 is 0. The van der Waals surface area contributed by atoms with Crippen LogP contribution in [-0.2, 0) is 44.8 Å². The lowest BCUT2D eigenvalue weighted by Gasteiger charge is -2.29. The van der Waals surface area contributed by atoms with Crippen molar-refractivity contribution < 1.29 is 58.8 Å². The fraction of sp³-hybridized carbons (Fsp3) is 0.667. The van der Waals surface area contributed by atoms with Gasteiger partial charge in [0.1, 0.15) is 42.0 Å². The summed E-state index contributed by atoms with van der Waals surface area (Å²) in [6.45, 7) is 9.34. The van der Waals surface area contributed by atoms with Crippen molar-refractivity contribution in [1.29, 1.82) is 0 Å². The maximum atomic E-state index is 14.0. The molecule has 7 amide bonds. The second-order valence-electron chi connectivity index (χ2n) is 16.3. The first-order chi connectivity index (χ1) is 30.1. The molecule has 0 aliphatic heterocycles. The summed E-state index contributed by atoms with van der Waals surface area (Å²) in [4.78, 5) is 106. The number of rotatable bonds is 30. The van der Waals surface area contributed by atoms with Crippen LogP contribution in [0, 0.1) is 11.8 Å². The van der Waals surface area contributed by atoms with Gasteiger partial charge in [0.05, 0.1) is 24.8 Å². The van der Waals surface area contributed by atoms with Gasteiger partial charge in [0.25, 0.3) is 0 Å². The summed E-state index contributed by atoms with van der Waals surface area (Å²) in [5.41, 5.74) is 17.6. The molecule has 0 spiro atoms. The smallest absolute Gasteiger partial charge is 0.326 e. The normalized spacial score (nSPS) is 15.9. The number of hydrogen-bond acceptors (Lipinski definition) is 14. The van der Waals surface area contributed by atoms with Gasteiger partial charge in [0.2, 0.25) is 41.4 Å². The van der Waals surface area contributed by atoms with Gasteiger partial charge < -0.3 is 74.8 Å². The molecular weight excluding hydrogens is 837 g/mol. The largest absolute Gasteiger partial charge is 0.508 e. The monoisotopic (exact) mass is 909 g/mol. The number of phenols is 1. The summed E-state index contributed by atoms with van der Waals surface area (Å²) in [5, 5.41) is 57.7. The van der Waals surface area contributed by atoms with Crippen LogP contribution in [0.25, 0.3) is 0 Å². The molecule has 64 heavy (non-hydrogen) atoms. The molecule has 0 heterocycles. The second-order valence-corrected chi connectivity index (χ2v) is 16.3. The van der Waals surface area contributed by atoms with Gasteiger partial charge in [-0.3, -0.25) is 33.6 Å². The highest BCUT2D eigenvalue weighted by molar-refractivity contribution is 5.97. The van der Waals surface area contributed by atoms with E-state index in [4.69, 9.17) is 17.2 Å². The van der Waals surface area contributed by atoms with Crippen molar-refractivity contribution in [2.45, 2.75) is 147 Å². The highest BCUT2D eigenvalue weighted by Crippen LogP contribution is 2.13. The Labute approximate surface area is 374 Å². The molecule has 0 unspecified atom stereocenters. The Kier molecular flexibility index (Phi) is 25.7. The second kappa shape index (κ2) is 29.1. The molecule has 1 aromatic rings. The van der Waals surface area contributed by atoms with Gasteiger partial charge >= 0.3 is 5.97 Å². The number of carbonyl (C=O) groups excluding carboxylic acids is 7.